The second-order valence-corrected chi connectivity index (χ2v) is 8.87. The fraction of sp³-hybridized carbons (Fsp3) is 0.889. The summed E-state index contributed by atoms with van der Waals surface area (Å²) in [5, 5.41) is 9.39. The summed E-state index contributed by atoms with van der Waals surface area (Å²) < 4.78 is 0. The molecule has 0 saturated heterocycles. The lowest BCUT2D eigenvalue weighted by atomic mass is 9.48. The second-order valence-electron chi connectivity index (χ2n) is 8.87. The standard InChI is InChI=1S/C18H27NO/c1-17(2,3)15(11-19)7-16(20)18-8-12-4-13(9-18)6-14(5-12)10-18/h12-15H,4-10H2,1-3H3. The molecule has 0 spiro atoms. The first-order valence-corrected chi connectivity index (χ1v) is 8.25. The Morgan fingerprint density at radius 3 is 1.95 bits per heavy atom. The van der Waals surface area contributed by atoms with E-state index in [2.05, 4.69) is 26.8 Å². The number of ketones is 1. The van der Waals surface area contributed by atoms with Crippen molar-refractivity contribution in [1.29, 1.82) is 5.26 Å². The third-order valence-corrected chi connectivity index (χ3v) is 6.22. The second kappa shape index (κ2) is 4.58. The average Bonchev–Trinajstić information content (AvgIpc) is 2.32. The fourth-order valence-electron chi connectivity index (χ4n) is 5.40. The zero-order chi connectivity index (χ0) is 14.5. The molecule has 0 amide bonds. The molecule has 4 bridgehead atoms. The first kappa shape index (κ1) is 14.1. The predicted octanol–water partition coefficient (Wildman–Crippen LogP) is 4.35. The van der Waals surface area contributed by atoms with Crippen LogP contribution in [-0.2, 0) is 4.79 Å². The highest BCUT2D eigenvalue weighted by Crippen LogP contribution is 2.60. The molecule has 0 radical (unpaired) electrons. The van der Waals surface area contributed by atoms with Crippen LogP contribution in [0, 0.1) is 45.8 Å². The van der Waals surface area contributed by atoms with E-state index in [1.54, 1.807) is 0 Å². The summed E-state index contributed by atoms with van der Waals surface area (Å²) in [5.74, 6) is 2.70. The molecule has 0 aromatic carbocycles. The third kappa shape index (κ3) is 2.30. The van der Waals surface area contributed by atoms with Crippen molar-refractivity contribution >= 4 is 5.78 Å². The number of carbonyl (C=O) groups excluding carboxylic acids is 1. The van der Waals surface area contributed by atoms with E-state index in [-0.39, 0.29) is 16.7 Å². The molecule has 0 N–H and O–H groups in total. The summed E-state index contributed by atoms with van der Waals surface area (Å²) in [6, 6.07) is 2.38. The maximum atomic E-state index is 13.0. The van der Waals surface area contributed by atoms with Crippen LogP contribution in [0.5, 0.6) is 0 Å². The molecule has 0 heterocycles. The van der Waals surface area contributed by atoms with Gasteiger partial charge in [0.05, 0.1) is 12.0 Å². The van der Waals surface area contributed by atoms with Crippen LogP contribution in [-0.4, -0.2) is 5.78 Å². The molecule has 4 aliphatic carbocycles. The Bertz CT molecular complexity index is 416. The van der Waals surface area contributed by atoms with E-state index in [0.29, 0.717) is 12.2 Å². The van der Waals surface area contributed by atoms with Crippen LogP contribution in [0.2, 0.25) is 0 Å². The molecule has 1 unspecified atom stereocenters. The maximum absolute atomic E-state index is 13.0. The van der Waals surface area contributed by atoms with Crippen molar-refractivity contribution in [1.82, 2.24) is 0 Å². The van der Waals surface area contributed by atoms with Gasteiger partial charge in [-0.2, -0.15) is 5.26 Å². The number of hydrogen-bond acceptors (Lipinski definition) is 2. The highest BCUT2D eigenvalue weighted by molar-refractivity contribution is 5.85. The van der Waals surface area contributed by atoms with Crippen LogP contribution in [0.4, 0.5) is 0 Å². The van der Waals surface area contributed by atoms with Gasteiger partial charge in [-0.15, -0.1) is 0 Å². The number of hydrogen-bond donors (Lipinski definition) is 0. The van der Waals surface area contributed by atoms with E-state index >= 15 is 0 Å². The smallest absolute Gasteiger partial charge is 0.140 e. The molecule has 0 aromatic rings. The fourth-order valence-corrected chi connectivity index (χ4v) is 5.40. The highest BCUT2D eigenvalue weighted by Gasteiger charge is 2.54. The quantitative estimate of drug-likeness (QED) is 0.767. The Labute approximate surface area is 122 Å². The van der Waals surface area contributed by atoms with Gasteiger partial charge in [0.15, 0.2) is 0 Å². The summed E-state index contributed by atoms with van der Waals surface area (Å²) in [5.41, 5.74) is -0.123. The molecule has 4 rings (SSSR count). The Morgan fingerprint density at radius 2 is 1.60 bits per heavy atom. The topological polar surface area (TPSA) is 40.9 Å². The Hall–Kier alpha value is -0.840. The van der Waals surface area contributed by atoms with Crippen LogP contribution in [0.25, 0.3) is 0 Å². The molecule has 4 saturated carbocycles. The maximum Gasteiger partial charge on any atom is 0.140 e. The molecule has 110 valence electrons. The summed E-state index contributed by atoms with van der Waals surface area (Å²) >= 11 is 0. The molecule has 20 heavy (non-hydrogen) atoms. The van der Waals surface area contributed by atoms with E-state index in [4.69, 9.17) is 0 Å². The minimum Gasteiger partial charge on any atom is -0.299 e. The van der Waals surface area contributed by atoms with E-state index in [0.717, 1.165) is 37.0 Å². The molecule has 0 aromatic heterocycles. The molecular formula is C18H27NO. The van der Waals surface area contributed by atoms with Gasteiger partial charge in [-0.3, -0.25) is 4.79 Å². The van der Waals surface area contributed by atoms with Gasteiger partial charge in [-0.1, -0.05) is 20.8 Å². The number of carbonyl (C=O) groups is 1. The number of nitrogens with zero attached hydrogens (tertiary/aromatic N) is 1. The molecule has 4 fully saturated rings. The lowest BCUT2D eigenvalue weighted by Crippen LogP contribution is -2.50. The zero-order valence-corrected chi connectivity index (χ0v) is 13.1. The van der Waals surface area contributed by atoms with Crippen LogP contribution >= 0.6 is 0 Å². The van der Waals surface area contributed by atoms with Gasteiger partial charge in [0.25, 0.3) is 0 Å². The first-order chi connectivity index (χ1) is 9.32. The first-order valence-electron chi connectivity index (χ1n) is 8.25. The predicted molar refractivity (Wildman–Crippen MR) is 78.8 cm³/mol. The number of rotatable bonds is 3. The van der Waals surface area contributed by atoms with Crippen LogP contribution in [0.3, 0.4) is 0 Å². The van der Waals surface area contributed by atoms with Gasteiger partial charge >= 0.3 is 0 Å². The Balaban J connectivity index is 1.76. The number of nitriles is 1. The molecule has 2 heteroatoms. The molecule has 2 nitrogen and oxygen atoms in total. The van der Waals surface area contributed by atoms with Gasteiger partial charge in [0.2, 0.25) is 0 Å². The monoisotopic (exact) mass is 273 g/mol. The van der Waals surface area contributed by atoms with Gasteiger partial charge in [-0.05, 0) is 61.7 Å². The van der Waals surface area contributed by atoms with Crippen molar-refractivity contribution in [3.63, 3.8) is 0 Å². The molecule has 1 atom stereocenters. The minimum absolute atomic E-state index is 0.0326. The van der Waals surface area contributed by atoms with E-state index in [9.17, 15) is 10.1 Å². The van der Waals surface area contributed by atoms with Crippen molar-refractivity contribution in [3.8, 4) is 6.07 Å². The van der Waals surface area contributed by atoms with Gasteiger partial charge < -0.3 is 0 Å². The van der Waals surface area contributed by atoms with Crippen LogP contribution in [0.1, 0.15) is 65.7 Å². The molecule has 4 aliphatic rings. The average molecular weight is 273 g/mol. The van der Waals surface area contributed by atoms with Gasteiger partial charge in [0, 0.05) is 11.8 Å². The molecule has 0 aliphatic heterocycles. The minimum atomic E-state index is -0.136. The lowest BCUT2D eigenvalue weighted by molar-refractivity contribution is -0.145. The zero-order valence-electron chi connectivity index (χ0n) is 13.1. The van der Waals surface area contributed by atoms with Crippen molar-refractivity contribution in [2.45, 2.75) is 65.7 Å². The van der Waals surface area contributed by atoms with Gasteiger partial charge in [-0.25, -0.2) is 0 Å². The summed E-state index contributed by atoms with van der Waals surface area (Å²) in [7, 11) is 0. The van der Waals surface area contributed by atoms with Crippen molar-refractivity contribution in [2.24, 2.45) is 34.5 Å². The highest BCUT2D eigenvalue weighted by atomic mass is 16.1. The summed E-state index contributed by atoms with van der Waals surface area (Å²) in [6.45, 7) is 6.23. The van der Waals surface area contributed by atoms with Gasteiger partial charge in [0.1, 0.15) is 5.78 Å². The van der Waals surface area contributed by atoms with E-state index < -0.39 is 0 Å². The summed E-state index contributed by atoms with van der Waals surface area (Å²) in [4.78, 5) is 13.0. The van der Waals surface area contributed by atoms with Crippen molar-refractivity contribution in [2.75, 3.05) is 0 Å². The Morgan fingerprint density at radius 1 is 1.15 bits per heavy atom. The van der Waals surface area contributed by atoms with Crippen molar-refractivity contribution < 1.29 is 4.79 Å². The SMILES string of the molecule is CC(C)(C)C(C#N)CC(=O)C12CC3CC(CC(C3)C1)C2. The van der Waals surface area contributed by atoms with Crippen LogP contribution < -0.4 is 0 Å². The van der Waals surface area contributed by atoms with E-state index in [1.807, 2.05) is 0 Å². The lowest BCUT2D eigenvalue weighted by Gasteiger charge is -2.56. The Kier molecular flexibility index (Phi) is 3.23. The third-order valence-electron chi connectivity index (χ3n) is 6.22. The molecular weight excluding hydrogens is 246 g/mol. The van der Waals surface area contributed by atoms with Crippen LogP contribution in [0.15, 0.2) is 0 Å². The largest absolute Gasteiger partial charge is 0.299 e. The summed E-state index contributed by atoms with van der Waals surface area (Å²) in [6.07, 6.45) is 7.96. The van der Waals surface area contributed by atoms with E-state index in [1.165, 1.54) is 19.3 Å². The van der Waals surface area contributed by atoms with Crippen molar-refractivity contribution in [3.05, 3.63) is 0 Å². The normalized spacial score (nSPS) is 40.4. The number of Topliss-reactive ketones (excluding diaryl/α,β-unsaturated/α-hetero) is 1.